The van der Waals surface area contributed by atoms with E-state index in [1.54, 1.807) is 11.1 Å². The second-order valence-electron chi connectivity index (χ2n) is 14.8. The fourth-order valence-electron chi connectivity index (χ4n) is 7.27. The average Bonchev–Trinajstić information content (AvgIpc) is 3.06. The van der Waals surface area contributed by atoms with Crippen molar-refractivity contribution < 1.29 is 0 Å². The van der Waals surface area contributed by atoms with Crippen LogP contribution in [0.1, 0.15) is 210 Å². The van der Waals surface area contributed by atoms with E-state index in [4.69, 9.17) is 0 Å². The van der Waals surface area contributed by atoms with Gasteiger partial charge in [0, 0.05) is 0 Å². The highest BCUT2D eigenvalue weighted by Crippen LogP contribution is 2.30. The van der Waals surface area contributed by atoms with Crippen molar-refractivity contribution in [2.24, 2.45) is 5.92 Å². The largest absolute Gasteiger partial charge is 0.0654 e. The maximum absolute atomic E-state index is 2.48. The smallest absolute Gasteiger partial charge is 0.0188 e. The molecule has 0 fully saturated rings. The molecule has 0 bridgehead atoms. The van der Waals surface area contributed by atoms with E-state index in [-0.39, 0.29) is 0 Å². The first-order valence-electron chi connectivity index (χ1n) is 20.3. The quantitative estimate of drug-likeness (QED) is 0.0766. The number of unbranched alkanes of at least 4 members (excludes halogenated alkanes) is 19. The standard InChI is InChI=1S/C45H76/c1-5-8-11-14-17-19-22-24-27-41-30-32-43(33-31-41)39-44(29-26-21-16-13-10-7-3)38-40(4)45-36-34-42(35-37-45)28-25-23-20-18-15-12-9-6-2/h30-37,40,44H,5-29,38-39H2,1-4H3. The Balaban J connectivity index is 1.80. The Labute approximate surface area is 283 Å². The minimum atomic E-state index is 0.633. The molecule has 45 heavy (non-hydrogen) atoms. The zero-order valence-corrected chi connectivity index (χ0v) is 30.9. The van der Waals surface area contributed by atoms with Crippen molar-refractivity contribution in [1.82, 2.24) is 0 Å². The molecule has 0 spiro atoms. The fourth-order valence-corrected chi connectivity index (χ4v) is 7.27. The predicted molar refractivity (Wildman–Crippen MR) is 204 cm³/mol. The van der Waals surface area contributed by atoms with Gasteiger partial charge in [0.05, 0.1) is 0 Å². The SMILES string of the molecule is CCCCCCCCCCc1ccc(CC(CCCCCCCC)CC(C)c2ccc(CCCCCCCCCC)cc2)cc1. The van der Waals surface area contributed by atoms with Crippen molar-refractivity contribution in [2.45, 2.75) is 207 Å². The third-order valence-corrected chi connectivity index (χ3v) is 10.4. The van der Waals surface area contributed by atoms with Crippen LogP contribution in [-0.2, 0) is 19.3 Å². The lowest BCUT2D eigenvalue weighted by Gasteiger charge is -2.22. The lowest BCUT2D eigenvalue weighted by atomic mass is 9.83. The van der Waals surface area contributed by atoms with Crippen LogP contribution in [0.5, 0.6) is 0 Å². The van der Waals surface area contributed by atoms with Gasteiger partial charge in [-0.1, -0.05) is 211 Å². The molecule has 0 amide bonds. The van der Waals surface area contributed by atoms with Gasteiger partial charge in [-0.2, -0.15) is 0 Å². The van der Waals surface area contributed by atoms with Crippen LogP contribution in [0.2, 0.25) is 0 Å². The Morgan fingerprint density at radius 3 is 1.20 bits per heavy atom. The molecule has 0 saturated carbocycles. The van der Waals surface area contributed by atoms with E-state index >= 15 is 0 Å². The summed E-state index contributed by atoms with van der Waals surface area (Å²) < 4.78 is 0. The Morgan fingerprint density at radius 1 is 0.400 bits per heavy atom. The molecule has 0 heterocycles. The van der Waals surface area contributed by atoms with Gasteiger partial charge in [0.1, 0.15) is 0 Å². The van der Waals surface area contributed by atoms with Crippen molar-refractivity contribution >= 4 is 0 Å². The normalized spacial score (nSPS) is 12.9. The highest BCUT2D eigenvalue weighted by Gasteiger charge is 2.16. The molecule has 0 aliphatic rings. The van der Waals surface area contributed by atoms with Crippen LogP contribution < -0.4 is 0 Å². The molecule has 0 heteroatoms. The van der Waals surface area contributed by atoms with Crippen molar-refractivity contribution in [3.05, 3.63) is 70.8 Å². The lowest BCUT2D eigenvalue weighted by Crippen LogP contribution is -2.10. The molecule has 256 valence electrons. The molecule has 0 aromatic heterocycles. The van der Waals surface area contributed by atoms with Crippen molar-refractivity contribution in [1.29, 1.82) is 0 Å². The molecule has 0 aliphatic heterocycles. The summed E-state index contributed by atoms with van der Waals surface area (Å²) in [6.45, 7) is 9.41. The average molecular weight is 617 g/mol. The molecule has 2 atom stereocenters. The second kappa shape index (κ2) is 27.5. The third kappa shape index (κ3) is 20.3. The van der Waals surface area contributed by atoms with Crippen molar-refractivity contribution in [3.63, 3.8) is 0 Å². The molecule has 2 unspecified atom stereocenters. The molecule has 0 radical (unpaired) electrons. The second-order valence-corrected chi connectivity index (χ2v) is 14.8. The summed E-state index contributed by atoms with van der Waals surface area (Å²) >= 11 is 0. The molecule has 0 N–H and O–H groups in total. The van der Waals surface area contributed by atoms with Crippen LogP contribution in [-0.4, -0.2) is 0 Å². The Bertz CT molecular complexity index is 891. The summed E-state index contributed by atoms with van der Waals surface area (Å²) in [4.78, 5) is 0. The van der Waals surface area contributed by atoms with Gasteiger partial charge in [-0.15, -0.1) is 0 Å². The number of aryl methyl sites for hydroxylation is 2. The molecular weight excluding hydrogens is 540 g/mol. The van der Waals surface area contributed by atoms with E-state index in [0.29, 0.717) is 5.92 Å². The van der Waals surface area contributed by atoms with Crippen LogP contribution in [0.25, 0.3) is 0 Å². The molecule has 2 rings (SSSR count). The highest BCUT2D eigenvalue weighted by molar-refractivity contribution is 5.26. The van der Waals surface area contributed by atoms with E-state index in [1.165, 1.54) is 184 Å². The Kier molecular flexibility index (Phi) is 24.2. The van der Waals surface area contributed by atoms with E-state index < -0.39 is 0 Å². The van der Waals surface area contributed by atoms with E-state index in [9.17, 15) is 0 Å². The Hall–Kier alpha value is -1.56. The summed E-state index contributed by atoms with van der Waals surface area (Å²) in [7, 11) is 0. The van der Waals surface area contributed by atoms with E-state index in [0.717, 1.165) is 5.92 Å². The maximum atomic E-state index is 2.48. The zero-order chi connectivity index (χ0) is 32.2. The highest BCUT2D eigenvalue weighted by atomic mass is 14.2. The third-order valence-electron chi connectivity index (χ3n) is 10.4. The lowest BCUT2D eigenvalue weighted by molar-refractivity contribution is 0.395. The summed E-state index contributed by atoms with van der Waals surface area (Å²) in [6, 6.07) is 19.6. The summed E-state index contributed by atoms with van der Waals surface area (Å²) in [5.74, 6) is 1.41. The first-order valence-corrected chi connectivity index (χ1v) is 20.3. The zero-order valence-electron chi connectivity index (χ0n) is 30.9. The summed E-state index contributed by atoms with van der Waals surface area (Å²) in [5, 5.41) is 0. The van der Waals surface area contributed by atoms with Gasteiger partial charge in [-0.3, -0.25) is 0 Å². The van der Waals surface area contributed by atoms with Gasteiger partial charge in [0.15, 0.2) is 0 Å². The van der Waals surface area contributed by atoms with Gasteiger partial charge in [0.2, 0.25) is 0 Å². The number of rotatable bonds is 30. The molecule has 2 aromatic carbocycles. The molecular formula is C45H76. The maximum Gasteiger partial charge on any atom is -0.0188 e. The van der Waals surface area contributed by atoms with Crippen LogP contribution in [0, 0.1) is 5.92 Å². The van der Waals surface area contributed by atoms with Crippen molar-refractivity contribution in [3.8, 4) is 0 Å². The van der Waals surface area contributed by atoms with Gasteiger partial charge in [0.25, 0.3) is 0 Å². The van der Waals surface area contributed by atoms with Crippen molar-refractivity contribution in [2.75, 3.05) is 0 Å². The van der Waals surface area contributed by atoms with Crippen LogP contribution in [0.3, 0.4) is 0 Å². The first kappa shape index (κ1) is 39.6. The molecule has 0 saturated heterocycles. The van der Waals surface area contributed by atoms with Crippen LogP contribution in [0.15, 0.2) is 48.5 Å². The van der Waals surface area contributed by atoms with E-state index in [2.05, 4.69) is 76.2 Å². The van der Waals surface area contributed by atoms with Gasteiger partial charge in [-0.05, 0) is 72.6 Å². The summed E-state index contributed by atoms with van der Waals surface area (Å²) in [5.41, 5.74) is 6.17. The van der Waals surface area contributed by atoms with Gasteiger partial charge >= 0.3 is 0 Å². The Morgan fingerprint density at radius 2 is 0.756 bits per heavy atom. The van der Waals surface area contributed by atoms with Gasteiger partial charge in [-0.25, -0.2) is 0 Å². The number of benzene rings is 2. The van der Waals surface area contributed by atoms with Gasteiger partial charge < -0.3 is 0 Å². The minimum absolute atomic E-state index is 0.633. The molecule has 2 aromatic rings. The topological polar surface area (TPSA) is 0 Å². The minimum Gasteiger partial charge on any atom is -0.0654 e. The van der Waals surface area contributed by atoms with Crippen LogP contribution in [0.4, 0.5) is 0 Å². The molecule has 0 nitrogen and oxygen atoms in total. The number of hydrogen-bond donors (Lipinski definition) is 0. The number of hydrogen-bond acceptors (Lipinski definition) is 0. The fraction of sp³-hybridized carbons (Fsp3) is 0.733. The first-order chi connectivity index (χ1) is 22.2. The van der Waals surface area contributed by atoms with E-state index in [1.807, 2.05) is 0 Å². The monoisotopic (exact) mass is 617 g/mol. The van der Waals surface area contributed by atoms with Crippen LogP contribution >= 0.6 is 0 Å². The summed E-state index contributed by atoms with van der Waals surface area (Å²) in [6.07, 6.45) is 37.3. The predicted octanol–water partition coefficient (Wildman–Crippen LogP) is 15.2. The molecule has 0 aliphatic carbocycles.